The van der Waals surface area contributed by atoms with Gasteiger partial charge in [0, 0.05) is 32.0 Å². The summed E-state index contributed by atoms with van der Waals surface area (Å²) in [5.74, 6) is 0.0524. The average Bonchev–Trinajstić information content (AvgIpc) is 3.27. The fourth-order valence-corrected chi connectivity index (χ4v) is 3.36. The van der Waals surface area contributed by atoms with Crippen molar-refractivity contribution >= 4 is 18.3 Å². The molecule has 2 aromatic rings. The van der Waals surface area contributed by atoms with Crippen molar-refractivity contribution in [3.8, 4) is 0 Å². The molecular formula is C15H21ClN6O. The number of nitrogens with one attached hydrogen (secondary N) is 1. The van der Waals surface area contributed by atoms with Crippen LogP contribution >= 0.6 is 12.4 Å². The summed E-state index contributed by atoms with van der Waals surface area (Å²) in [6.45, 7) is 4.10. The van der Waals surface area contributed by atoms with Crippen LogP contribution in [0.15, 0.2) is 24.5 Å². The Bertz CT molecular complexity index is 644. The Morgan fingerprint density at radius 1 is 1.39 bits per heavy atom. The van der Waals surface area contributed by atoms with Crippen LogP contribution in [0, 0.1) is 0 Å². The van der Waals surface area contributed by atoms with Gasteiger partial charge in [-0.05, 0) is 25.0 Å². The van der Waals surface area contributed by atoms with E-state index in [9.17, 15) is 4.79 Å². The molecule has 4 rings (SSSR count). The summed E-state index contributed by atoms with van der Waals surface area (Å²) in [5.41, 5.74) is 1.67. The van der Waals surface area contributed by atoms with Gasteiger partial charge in [0.15, 0.2) is 5.69 Å². The lowest BCUT2D eigenvalue weighted by molar-refractivity contribution is 0.0714. The van der Waals surface area contributed by atoms with Crippen LogP contribution in [0.4, 0.5) is 0 Å². The average molecular weight is 337 g/mol. The predicted molar refractivity (Wildman–Crippen MR) is 87.5 cm³/mol. The molecule has 0 aliphatic carbocycles. The number of hydrogen-bond donors (Lipinski definition) is 1. The number of likely N-dealkylation sites (tertiary alicyclic amines) is 1. The number of carbonyl (C=O) groups excluding carboxylic acids is 1. The molecule has 0 bridgehead atoms. The van der Waals surface area contributed by atoms with E-state index < -0.39 is 0 Å². The second-order valence-electron chi connectivity index (χ2n) is 5.94. The largest absolute Gasteiger partial charge is 0.332 e. The van der Waals surface area contributed by atoms with E-state index in [0.717, 1.165) is 51.3 Å². The first kappa shape index (κ1) is 16.0. The minimum atomic E-state index is 0. The van der Waals surface area contributed by atoms with E-state index in [-0.39, 0.29) is 24.4 Å². The van der Waals surface area contributed by atoms with E-state index in [1.807, 2.05) is 32.6 Å². The van der Waals surface area contributed by atoms with Crippen molar-refractivity contribution in [3.63, 3.8) is 0 Å². The highest BCUT2D eigenvalue weighted by atomic mass is 35.5. The maximum absolute atomic E-state index is 12.8. The van der Waals surface area contributed by atoms with Gasteiger partial charge >= 0.3 is 0 Å². The second-order valence-corrected chi connectivity index (χ2v) is 5.94. The summed E-state index contributed by atoms with van der Waals surface area (Å²) in [7, 11) is 0. The van der Waals surface area contributed by atoms with Crippen LogP contribution in [0.3, 0.4) is 0 Å². The van der Waals surface area contributed by atoms with E-state index in [1.54, 1.807) is 6.20 Å². The van der Waals surface area contributed by atoms with Gasteiger partial charge in [-0.15, -0.1) is 12.4 Å². The molecule has 4 heterocycles. The summed E-state index contributed by atoms with van der Waals surface area (Å²) in [6, 6.07) is 4.05. The number of fused-ring (bicyclic) bond motifs is 1. The molecule has 2 aliphatic rings. The molecule has 1 atom stereocenters. The third kappa shape index (κ3) is 3.11. The van der Waals surface area contributed by atoms with Gasteiger partial charge in [-0.25, -0.2) is 0 Å². The number of halogens is 1. The topological polar surface area (TPSA) is 68.0 Å². The van der Waals surface area contributed by atoms with Gasteiger partial charge in [0.05, 0.1) is 24.8 Å². The lowest BCUT2D eigenvalue weighted by atomic mass is 10.2. The monoisotopic (exact) mass is 336 g/mol. The van der Waals surface area contributed by atoms with Crippen molar-refractivity contribution in [1.82, 2.24) is 29.8 Å². The molecule has 1 fully saturated rings. The predicted octanol–water partition coefficient (Wildman–Crippen LogP) is 0.909. The maximum Gasteiger partial charge on any atom is 0.274 e. The Labute approximate surface area is 141 Å². The smallest absolute Gasteiger partial charge is 0.274 e. The molecule has 0 saturated carbocycles. The third-order valence-corrected chi connectivity index (χ3v) is 4.48. The Kier molecular flexibility index (Phi) is 4.68. The van der Waals surface area contributed by atoms with Crippen molar-refractivity contribution in [2.75, 3.05) is 13.1 Å². The molecule has 2 aromatic heterocycles. The van der Waals surface area contributed by atoms with Gasteiger partial charge in [-0.2, -0.15) is 10.2 Å². The molecule has 0 spiro atoms. The van der Waals surface area contributed by atoms with Crippen LogP contribution in [-0.2, 0) is 19.6 Å². The highest BCUT2D eigenvalue weighted by Crippen LogP contribution is 2.21. The van der Waals surface area contributed by atoms with Crippen LogP contribution in [0.2, 0.25) is 0 Å². The van der Waals surface area contributed by atoms with Gasteiger partial charge in [0.25, 0.3) is 5.91 Å². The van der Waals surface area contributed by atoms with E-state index in [1.165, 1.54) is 0 Å². The number of aromatic nitrogens is 4. The zero-order chi connectivity index (χ0) is 14.9. The Balaban J connectivity index is 0.00000156. The van der Waals surface area contributed by atoms with Crippen molar-refractivity contribution in [2.45, 2.75) is 38.5 Å². The van der Waals surface area contributed by atoms with Gasteiger partial charge in [-0.3, -0.25) is 14.2 Å². The molecular weight excluding hydrogens is 316 g/mol. The highest BCUT2D eigenvalue weighted by molar-refractivity contribution is 5.92. The molecule has 124 valence electrons. The fourth-order valence-electron chi connectivity index (χ4n) is 3.36. The number of nitrogens with zero attached hydrogens (tertiary/aromatic N) is 5. The van der Waals surface area contributed by atoms with Gasteiger partial charge < -0.3 is 10.2 Å². The van der Waals surface area contributed by atoms with E-state index in [2.05, 4.69) is 15.5 Å². The second kappa shape index (κ2) is 6.72. The minimum absolute atomic E-state index is 0. The molecule has 0 aromatic carbocycles. The fraction of sp³-hybridized carbons (Fsp3) is 0.533. The molecule has 2 aliphatic heterocycles. The van der Waals surface area contributed by atoms with Crippen LogP contribution in [-0.4, -0.2) is 49.5 Å². The Morgan fingerprint density at radius 2 is 2.30 bits per heavy atom. The molecule has 0 radical (unpaired) electrons. The van der Waals surface area contributed by atoms with Crippen molar-refractivity contribution in [3.05, 3.63) is 35.9 Å². The van der Waals surface area contributed by atoms with Crippen LogP contribution in [0.25, 0.3) is 0 Å². The summed E-state index contributed by atoms with van der Waals surface area (Å²) in [5, 5.41) is 12.0. The Hall–Kier alpha value is -1.86. The van der Waals surface area contributed by atoms with Crippen LogP contribution in [0.5, 0.6) is 0 Å². The van der Waals surface area contributed by atoms with E-state index >= 15 is 0 Å². The summed E-state index contributed by atoms with van der Waals surface area (Å²) < 4.78 is 3.85. The molecule has 1 N–H and O–H groups in total. The number of carbonyl (C=O) groups is 1. The zero-order valence-electron chi connectivity index (χ0n) is 12.9. The number of amides is 1. The van der Waals surface area contributed by atoms with Crippen molar-refractivity contribution in [1.29, 1.82) is 0 Å². The molecule has 1 saturated heterocycles. The minimum Gasteiger partial charge on any atom is -0.332 e. The summed E-state index contributed by atoms with van der Waals surface area (Å²) in [4.78, 5) is 14.8. The van der Waals surface area contributed by atoms with Crippen LogP contribution in [0.1, 0.15) is 29.0 Å². The van der Waals surface area contributed by atoms with Crippen molar-refractivity contribution in [2.24, 2.45) is 0 Å². The number of hydrogen-bond acceptors (Lipinski definition) is 4. The van der Waals surface area contributed by atoms with Gasteiger partial charge in [-0.1, -0.05) is 0 Å². The SMILES string of the molecule is Cl.O=C(c1cc2n(n1)CCNC2)N1CCCC1Cn1cccn1. The lowest BCUT2D eigenvalue weighted by Gasteiger charge is -2.23. The first-order chi connectivity index (χ1) is 10.8. The Morgan fingerprint density at radius 3 is 3.09 bits per heavy atom. The van der Waals surface area contributed by atoms with Gasteiger partial charge in [0.1, 0.15) is 0 Å². The normalized spacial score (nSPS) is 20.2. The third-order valence-electron chi connectivity index (χ3n) is 4.48. The summed E-state index contributed by atoms with van der Waals surface area (Å²) >= 11 is 0. The van der Waals surface area contributed by atoms with E-state index in [4.69, 9.17) is 0 Å². The first-order valence-corrected chi connectivity index (χ1v) is 7.87. The number of rotatable bonds is 3. The van der Waals surface area contributed by atoms with Crippen LogP contribution < -0.4 is 5.32 Å². The quantitative estimate of drug-likeness (QED) is 0.904. The maximum atomic E-state index is 12.8. The highest BCUT2D eigenvalue weighted by Gasteiger charge is 2.31. The molecule has 1 unspecified atom stereocenters. The molecule has 7 nitrogen and oxygen atoms in total. The standard InChI is InChI=1S/C15H20N6O.ClH/c22-15(14-9-13-10-16-5-8-21(13)18-14)20-7-1-3-12(20)11-19-6-2-4-17-19;/h2,4,6,9,12,16H,1,3,5,7-8,10-11H2;1H. The van der Waals surface area contributed by atoms with E-state index in [0.29, 0.717) is 5.69 Å². The van der Waals surface area contributed by atoms with Gasteiger partial charge in [0.2, 0.25) is 0 Å². The molecule has 23 heavy (non-hydrogen) atoms. The first-order valence-electron chi connectivity index (χ1n) is 7.87. The molecule has 8 heteroatoms. The lowest BCUT2D eigenvalue weighted by Crippen LogP contribution is -2.38. The molecule has 1 amide bonds. The van der Waals surface area contributed by atoms with Crippen molar-refractivity contribution < 1.29 is 4.79 Å². The zero-order valence-corrected chi connectivity index (χ0v) is 13.7. The summed E-state index contributed by atoms with van der Waals surface area (Å²) in [6.07, 6.45) is 5.80.